The van der Waals surface area contributed by atoms with Crippen molar-refractivity contribution in [2.75, 3.05) is 26.4 Å². The van der Waals surface area contributed by atoms with Gasteiger partial charge in [-0.3, -0.25) is 0 Å². The molecule has 0 radical (unpaired) electrons. The molecule has 0 amide bonds. The van der Waals surface area contributed by atoms with Gasteiger partial charge in [0.2, 0.25) is 0 Å². The topological polar surface area (TPSA) is 57.2 Å². The van der Waals surface area contributed by atoms with Gasteiger partial charge in [0.25, 0.3) is 0 Å². The van der Waals surface area contributed by atoms with Crippen molar-refractivity contribution in [2.45, 2.75) is 45.4 Å². The molecule has 0 saturated carbocycles. The third kappa shape index (κ3) is 3.40. The molecule has 0 bridgehead atoms. The molecule has 0 aromatic rings. The van der Waals surface area contributed by atoms with Gasteiger partial charge in [-0.2, -0.15) is 0 Å². The third-order valence-corrected chi connectivity index (χ3v) is 2.50. The summed E-state index contributed by atoms with van der Waals surface area (Å²) >= 11 is 0. The van der Waals surface area contributed by atoms with Crippen molar-refractivity contribution in [2.24, 2.45) is 0 Å². The number of ether oxygens (including phenoxy) is 4. The summed E-state index contributed by atoms with van der Waals surface area (Å²) in [6, 6.07) is 0. The second-order valence-electron chi connectivity index (χ2n) is 3.56. The molecular weight excluding hydrogens is 212 g/mol. The molecule has 1 rings (SSSR count). The molecule has 1 fully saturated rings. The molecule has 1 aliphatic rings. The smallest absolute Gasteiger partial charge is 0.183 e. The van der Waals surface area contributed by atoms with E-state index in [4.69, 9.17) is 18.9 Å². The first-order valence-corrected chi connectivity index (χ1v) is 5.89. The fraction of sp³-hybridized carbons (Fsp3) is 1.00. The lowest BCUT2D eigenvalue weighted by atomic mass is 10.0. The van der Waals surface area contributed by atoms with Gasteiger partial charge in [0, 0.05) is 19.8 Å². The highest BCUT2D eigenvalue weighted by Crippen LogP contribution is 2.22. The van der Waals surface area contributed by atoms with Gasteiger partial charge in [-0.25, -0.2) is 0 Å². The second-order valence-corrected chi connectivity index (χ2v) is 3.56. The molecule has 0 aromatic heterocycles. The van der Waals surface area contributed by atoms with E-state index in [1.807, 2.05) is 20.8 Å². The summed E-state index contributed by atoms with van der Waals surface area (Å²) in [5, 5.41) is 9.70. The van der Waals surface area contributed by atoms with Gasteiger partial charge in [-0.15, -0.1) is 0 Å². The van der Waals surface area contributed by atoms with Crippen LogP contribution in [-0.4, -0.2) is 56.1 Å². The lowest BCUT2D eigenvalue weighted by Gasteiger charge is -2.39. The minimum atomic E-state index is -0.937. The zero-order valence-electron chi connectivity index (χ0n) is 10.2. The SMILES string of the molecule is CCOC1COC(O)C(OCC)C1OCC. The summed E-state index contributed by atoms with van der Waals surface area (Å²) in [6.45, 7) is 7.70. The van der Waals surface area contributed by atoms with E-state index in [0.29, 0.717) is 26.4 Å². The maximum absolute atomic E-state index is 9.70. The number of rotatable bonds is 6. The Balaban J connectivity index is 2.65. The average Bonchev–Trinajstić information content (AvgIpc) is 2.27. The van der Waals surface area contributed by atoms with Gasteiger partial charge >= 0.3 is 0 Å². The molecule has 1 aliphatic heterocycles. The summed E-state index contributed by atoms with van der Waals surface area (Å²) in [7, 11) is 0. The Labute approximate surface area is 96.6 Å². The van der Waals surface area contributed by atoms with E-state index in [1.165, 1.54) is 0 Å². The van der Waals surface area contributed by atoms with Crippen LogP contribution in [0.2, 0.25) is 0 Å². The van der Waals surface area contributed by atoms with Crippen molar-refractivity contribution < 1.29 is 24.1 Å². The molecule has 4 atom stereocenters. The number of hydrogen-bond acceptors (Lipinski definition) is 5. The molecular formula is C11H22O5. The molecule has 1 N–H and O–H groups in total. The number of aliphatic hydroxyl groups is 1. The Morgan fingerprint density at radius 1 is 1.00 bits per heavy atom. The van der Waals surface area contributed by atoms with Gasteiger partial charge in [0.05, 0.1) is 6.61 Å². The van der Waals surface area contributed by atoms with Crippen LogP contribution in [0.25, 0.3) is 0 Å². The summed E-state index contributed by atoms with van der Waals surface area (Å²) in [4.78, 5) is 0. The number of aliphatic hydroxyl groups excluding tert-OH is 1. The molecule has 0 aliphatic carbocycles. The third-order valence-electron chi connectivity index (χ3n) is 2.50. The fourth-order valence-electron chi connectivity index (χ4n) is 1.88. The minimum absolute atomic E-state index is 0.176. The first-order valence-electron chi connectivity index (χ1n) is 5.89. The highest BCUT2D eigenvalue weighted by atomic mass is 16.7. The van der Waals surface area contributed by atoms with Crippen LogP contribution >= 0.6 is 0 Å². The van der Waals surface area contributed by atoms with Gasteiger partial charge < -0.3 is 24.1 Å². The van der Waals surface area contributed by atoms with E-state index in [9.17, 15) is 5.11 Å². The molecule has 1 heterocycles. The van der Waals surface area contributed by atoms with Gasteiger partial charge in [0.15, 0.2) is 6.29 Å². The zero-order valence-corrected chi connectivity index (χ0v) is 10.2. The van der Waals surface area contributed by atoms with Crippen LogP contribution in [0.5, 0.6) is 0 Å². The van der Waals surface area contributed by atoms with E-state index in [2.05, 4.69) is 0 Å². The lowest BCUT2D eigenvalue weighted by Crippen LogP contribution is -2.56. The minimum Gasteiger partial charge on any atom is -0.373 e. The first kappa shape index (κ1) is 13.9. The van der Waals surface area contributed by atoms with Crippen LogP contribution in [0.1, 0.15) is 20.8 Å². The normalized spacial score (nSPS) is 35.2. The van der Waals surface area contributed by atoms with E-state index < -0.39 is 12.4 Å². The van der Waals surface area contributed by atoms with Crippen molar-refractivity contribution in [3.8, 4) is 0 Å². The molecule has 0 spiro atoms. The maximum atomic E-state index is 9.70. The first-order chi connectivity index (χ1) is 7.74. The number of hydrogen-bond donors (Lipinski definition) is 1. The Bertz CT molecular complexity index is 187. The second kappa shape index (κ2) is 7.19. The monoisotopic (exact) mass is 234 g/mol. The van der Waals surface area contributed by atoms with Crippen LogP contribution in [0.4, 0.5) is 0 Å². The molecule has 16 heavy (non-hydrogen) atoms. The summed E-state index contributed by atoms with van der Waals surface area (Å²) in [5.74, 6) is 0. The van der Waals surface area contributed by atoms with Crippen LogP contribution in [0.3, 0.4) is 0 Å². The van der Waals surface area contributed by atoms with Crippen LogP contribution in [0.15, 0.2) is 0 Å². The molecule has 1 saturated heterocycles. The Hall–Kier alpha value is -0.200. The summed E-state index contributed by atoms with van der Waals surface area (Å²) in [5.41, 5.74) is 0. The van der Waals surface area contributed by atoms with Gasteiger partial charge in [0.1, 0.15) is 18.3 Å². The van der Waals surface area contributed by atoms with E-state index in [-0.39, 0.29) is 12.2 Å². The highest BCUT2D eigenvalue weighted by Gasteiger charge is 2.41. The van der Waals surface area contributed by atoms with Crippen LogP contribution < -0.4 is 0 Å². The van der Waals surface area contributed by atoms with Gasteiger partial charge in [-0.1, -0.05) is 0 Å². The van der Waals surface area contributed by atoms with E-state index >= 15 is 0 Å². The quantitative estimate of drug-likeness (QED) is 0.727. The predicted octanol–water partition coefficient (Wildman–Crippen LogP) is 0.550. The van der Waals surface area contributed by atoms with Crippen molar-refractivity contribution >= 4 is 0 Å². The Morgan fingerprint density at radius 2 is 1.56 bits per heavy atom. The standard InChI is InChI=1S/C11H22O5/c1-4-13-8-7-16-11(12)10(15-6-3)9(8)14-5-2/h8-12H,4-7H2,1-3H3. The van der Waals surface area contributed by atoms with Crippen LogP contribution in [0, 0.1) is 0 Å². The molecule has 4 unspecified atom stereocenters. The summed E-state index contributed by atoms with van der Waals surface area (Å²) in [6.07, 6.45) is -1.86. The van der Waals surface area contributed by atoms with E-state index in [0.717, 1.165) is 0 Å². The Morgan fingerprint density at radius 3 is 2.12 bits per heavy atom. The summed E-state index contributed by atoms with van der Waals surface area (Å²) < 4.78 is 21.8. The van der Waals surface area contributed by atoms with Crippen LogP contribution in [-0.2, 0) is 18.9 Å². The molecule has 0 aromatic carbocycles. The molecule has 96 valence electrons. The van der Waals surface area contributed by atoms with E-state index in [1.54, 1.807) is 0 Å². The molecule has 5 nitrogen and oxygen atoms in total. The van der Waals surface area contributed by atoms with Crippen molar-refractivity contribution in [3.63, 3.8) is 0 Å². The largest absolute Gasteiger partial charge is 0.373 e. The van der Waals surface area contributed by atoms with Crippen molar-refractivity contribution in [1.29, 1.82) is 0 Å². The van der Waals surface area contributed by atoms with Gasteiger partial charge in [-0.05, 0) is 20.8 Å². The fourth-order valence-corrected chi connectivity index (χ4v) is 1.88. The lowest BCUT2D eigenvalue weighted by molar-refractivity contribution is -0.278. The van der Waals surface area contributed by atoms with Crippen molar-refractivity contribution in [1.82, 2.24) is 0 Å². The zero-order chi connectivity index (χ0) is 12.0. The average molecular weight is 234 g/mol. The Kier molecular flexibility index (Phi) is 6.23. The van der Waals surface area contributed by atoms with Crippen molar-refractivity contribution in [3.05, 3.63) is 0 Å². The molecule has 5 heteroatoms. The highest BCUT2D eigenvalue weighted by molar-refractivity contribution is 4.86. The predicted molar refractivity (Wildman–Crippen MR) is 58.2 cm³/mol. The maximum Gasteiger partial charge on any atom is 0.183 e.